The van der Waals surface area contributed by atoms with Crippen LogP contribution in [0.2, 0.25) is 0 Å². The second kappa shape index (κ2) is 6.27. The molecule has 0 saturated heterocycles. The van der Waals surface area contributed by atoms with E-state index in [-0.39, 0.29) is 10.6 Å². The standard InChI is InChI=1S/C16H15Br2FO/c1-9-6-12(7-10(2)16(9)19)15(18)11-4-5-14(20-3)13(17)8-11/h4-8,15H,1-3H3. The summed E-state index contributed by atoms with van der Waals surface area (Å²) in [5, 5.41) is 0. The number of hydrogen-bond donors (Lipinski definition) is 0. The molecule has 20 heavy (non-hydrogen) atoms. The lowest BCUT2D eigenvalue weighted by Crippen LogP contribution is -1.98. The van der Waals surface area contributed by atoms with E-state index in [9.17, 15) is 4.39 Å². The predicted octanol–water partition coefficient (Wildman–Crippen LogP) is 5.70. The predicted molar refractivity (Wildman–Crippen MR) is 87.3 cm³/mol. The lowest BCUT2D eigenvalue weighted by atomic mass is 10.00. The number of alkyl halides is 1. The van der Waals surface area contributed by atoms with Gasteiger partial charge in [-0.05, 0) is 64.2 Å². The number of methoxy groups -OCH3 is 1. The minimum atomic E-state index is -0.135. The number of aryl methyl sites for hydroxylation is 2. The molecule has 0 amide bonds. The average molecular weight is 402 g/mol. The van der Waals surface area contributed by atoms with Crippen LogP contribution in [0.5, 0.6) is 5.75 Å². The molecule has 0 saturated carbocycles. The Morgan fingerprint density at radius 3 is 2.15 bits per heavy atom. The van der Waals surface area contributed by atoms with Crippen molar-refractivity contribution in [3.8, 4) is 5.75 Å². The third-order valence-electron chi connectivity index (χ3n) is 3.22. The molecule has 0 aliphatic heterocycles. The highest BCUT2D eigenvalue weighted by Gasteiger charge is 2.15. The minimum Gasteiger partial charge on any atom is -0.496 e. The highest BCUT2D eigenvalue weighted by Crippen LogP contribution is 2.36. The summed E-state index contributed by atoms with van der Waals surface area (Å²) in [6, 6.07) is 9.67. The Kier molecular flexibility index (Phi) is 4.86. The maximum Gasteiger partial charge on any atom is 0.133 e. The molecule has 0 aliphatic rings. The van der Waals surface area contributed by atoms with Crippen molar-refractivity contribution in [2.24, 2.45) is 0 Å². The first-order chi connectivity index (χ1) is 9.43. The van der Waals surface area contributed by atoms with Crippen LogP contribution in [0.25, 0.3) is 0 Å². The van der Waals surface area contributed by atoms with E-state index in [4.69, 9.17) is 4.74 Å². The van der Waals surface area contributed by atoms with Crippen LogP contribution in [-0.2, 0) is 0 Å². The summed E-state index contributed by atoms with van der Waals surface area (Å²) < 4.78 is 19.8. The first kappa shape index (κ1) is 15.5. The van der Waals surface area contributed by atoms with Gasteiger partial charge in [0.2, 0.25) is 0 Å². The summed E-state index contributed by atoms with van der Waals surface area (Å²) >= 11 is 7.17. The molecule has 0 aromatic heterocycles. The Morgan fingerprint density at radius 1 is 1.05 bits per heavy atom. The zero-order valence-electron chi connectivity index (χ0n) is 11.5. The van der Waals surface area contributed by atoms with Gasteiger partial charge in [-0.3, -0.25) is 0 Å². The zero-order valence-corrected chi connectivity index (χ0v) is 14.7. The highest BCUT2D eigenvalue weighted by atomic mass is 79.9. The average Bonchev–Trinajstić information content (AvgIpc) is 2.43. The van der Waals surface area contributed by atoms with E-state index < -0.39 is 0 Å². The second-order valence-corrected chi connectivity index (χ2v) is 6.50. The van der Waals surface area contributed by atoms with E-state index in [2.05, 4.69) is 31.9 Å². The van der Waals surface area contributed by atoms with Crippen LogP contribution in [0.3, 0.4) is 0 Å². The topological polar surface area (TPSA) is 9.23 Å². The first-order valence-corrected chi connectivity index (χ1v) is 7.89. The van der Waals surface area contributed by atoms with Crippen LogP contribution in [0, 0.1) is 19.7 Å². The van der Waals surface area contributed by atoms with Crippen LogP contribution in [0.1, 0.15) is 27.1 Å². The summed E-state index contributed by atoms with van der Waals surface area (Å²) in [6.07, 6.45) is 0. The fourth-order valence-corrected chi connectivity index (χ4v) is 3.27. The Balaban J connectivity index is 2.41. The lowest BCUT2D eigenvalue weighted by molar-refractivity contribution is 0.412. The van der Waals surface area contributed by atoms with E-state index in [1.165, 1.54) is 0 Å². The largest absolute Gasteiger partial charge is 0.496 e. The van der Waals surface area contributed by atoms with Crippen molar-refractivity contribution in [3.63, 3.8) is 0 Å². The van der Waals surface area contributed by atoms with E-state index in [1.807, 2.05) is 30.3 Å². The molecule has 1 atom stereocenters. The van der Waals surface area contributed by atoms with Crippen molar-refractivity contribution in [1.82, 2.24) is 0 Å². The molecule has 0 aliphatic carbocycles. The van der Waals surface area contributed by atoms with Gasteiger partial charge in [0.15, 0.2) is 0 Å². The van der Waals surface area contributed by atoms with Crippen molar-refractivity contribution >= 4 is 31.9 Å². The van der Waals surface area contributed by atoms with Gasteiger partial charge in [0.05, 0.1) is 16.4 Å². The van der Waals surface area contributed by atoms with Gasteiger partial charge in [-0.15, -0.1) is 0 Å². The Morgan fingerprint density at radius 2 is 1.65 bits per heavy atom. The molecule has 106 valence electrons. The molecular formula is C16H15Br2FO. The fourth-order valence-electron chi connectivity index (χ4n) is 2.16. The number of rotatable bonds is 3. The van der Waals surface area contributed by atoms with Gasteiger partial charge in [-0.1, -0.05) is 34.1 Å². The molecule has 2 rings (SSSR count). The quantitative estimate of drug-likeness (QED) is 0.599. The smallest absolute Gasteiger partial charge is 0.133 e. The molecule has 1 unspecified atom stereocenters. The maximum absolute atomic E-state index is 13.7. The minimum absolute atomic E-state index is 0.0164. The van der Waals surface area contributed by atoms with E-state index in [1.54, 1.807) is 21.0 Å². The molecular weight excluding hydrogens is 387 g/mol. The van der Waals surface area contributed by atoms with E-state index in [0.717, 1.165) is 21.3 Å². The van der Waals surface area contributed by atoms with Gasteiger partial charge in [0.1, 0.15) is 11.6 Å². The summed E-state index contributed by atoms with van der Waals surface area (Å²) in [5.41, 5.74) is 3.45. The summed E-state index contributed by atoms with van der Waals surface area (Å²) in [4.78, 5) is 0.0164. The lowest BCUT2D eigenvalue weighted by Gasteiger charge is -2.15. The van der Waals surface area contributed by atoms with E-state index >= 15 is 0 Å². The first-order valence-electron chi connectivity index (χ1n) is 6.18. The van der Waals surface area contributed by atoms with Crippen LogP contribution in [0.15, 0.2) is 34.8 Å². The van der Waals surface area contributed by atoms with Gasteiger partial charge in [-0.25, -0.2) is 4.39 Å². The van der Waals surface area contributed by atoms with Crippen LogP contribution in [0.4, 0.5) is 4.39 Å². The molecule has 0 bridgehead atoms. The number of halogens is 3. The molecule has 1 nitrogen and oxygen atoms in total. The molecule has 0 heterocycles. The number of ether oxygens (including phenoxy) is 1. The monoisotopic (exact) mass is 400 g/mol. The molecule has 0 fully saturated rings. The summed E-state index contributed by atoms with van der Waals surface area (Å²) in [6.45, 7) is 3.57. The molecule has 0 radical (unpaired) electrons. The Bertz CT molecular complexity index is 617. The molecule has 2 aromatic rings. The fraction of sp³-hybridized carbons (Fsp3) is 0.250. The summed E-state index contributed by atoms with van der Waals surface area (Å²) in [5.74, 6) is 0.657. The number of hydrogen-bond acceptors (Lipinski definition) is 1. The van der Waals surface area contributed by atoms with Crippen LogP contribution in [-0.4, -0.2) is 7.11 Å². The highest BCUT2D eigenvalue weighted by molar-refractivity contribution is 9.10. The van der Waals surface area contributed by atoms with Gasteiger partial charge in [-0.2, -0.15) is 0 Å². The summed E-state index contributed by atoms with van der Waals surface area (Å²) in [7, 11) is 1.64. The third kappa shape index (κ3) is 3.07. The maximum atomic E-state index is 13.7. The van der Waals surface area contributed by atoms with Crippen molar-refractivity contribution in [1.29, 1.82) is 0 Å². The van der Waals surface area contributed by atoms with Crippen molar-refractivity contribution in [3.05, 3.63) is 62.9 Å². The molecule has 4 heteroatoms. The third-order valence-corrected chi connectivity index (χ3v) is 4.90. The van der Waals surface area contributed by atoms with Gasteiger partial charge < -0.3 is 4.74 Å². The molecule has 0 N–H and O–H groups in total. The van der Waals surface area contributed by atoms with Crippen LogP contribution < -0.4 is 4.74 Å². The van der Waals surface area contributed by atoms with Crippen molar-refractivity contribution < 1.29 is 9.13 Å². The van der Waals surface area contributed by atoms with E-state index in [0.29, 0.717) is 11.1 Å². The second-order valence-electron chi connectivity index (χ2n) is 4.73. The van der Waals surface area contributed by atoms with Gasteiger partial charge in [0.25, 0.3) is 0 Å². The SMILES string of the molecule is COc1ccc(C(Br)c2cc(C)c(F)c(C)c2)cc1Br. The van der Waals surface area contributed by atoms with Crippen molar-refractivity contribution in [2.75, 3.05) is 7.11 Å². The zero-order chi connectivity index (χ0) is 14.9. The van der Waals surface area contributed by atoms with Crippen molar-refractivity contribution in [2.45, 2.75) is 18.7 Å². The Hall–Kier alpha value is -0.870. The van der Waals surface area contributed by atoms with Gasteiger partial charge in [0, 0.05) is 0 Å². The van der Waals surface area contributed by atoms with Gasteiger partial charge >= 0.3 is 0 Å². The normalized spacial score (nSPS) is 12.3. The number of benzene rings is 2. The molecule has 0 spiro atoms. The van der Waals surface area contributed by atoms with Crippen LogP contribution >= 0.6 is 31.9 Å². The Labute approximate surface area is 135 Å². The molecule has 2 aromatic carbocycles.